The van der Waals surface area contributed by atoms with Gasteiger partial charge in [-0.3, -0.25) is 9.69 Å². The summed E-state index contributed by atoms with van der Waals surface area (Å²) in [4.78, 5) is 25.7. The third kappa shape index (κ3) is 4.37. The predicted octanol–water partition coefficient (Wildman–Crippen LogP) is 7.27. The number of para-hydroxylation sites is 1. The Morgan fingerprint density at radius 3 is 2.29 bits per heavy atom. The molecule has 4 aromatic rings. The quantitative estimate of drug-likeness (QED) is 0.277. The molecule has 192 valence electrons. The zero-order chi connectivity index (χ0) is 26.3. The van der Waals surface area contributed by atoms with Gasteiger partial charge >= 0.3 is 0 Å². The van der Waals surface area contributed by atoms with E-state index in [1.807, 2.05) is 61.5 Å². The summed E-state index contributed by atoms with van der Waals surface area (Å²) in [5.74, 6) is 0.0563. The van der Waals surface area contributed by atoms with Crippen molar-refractivity contribution in [3.8, 4) is 22.5 Å². The second-order valence-corrected chi connectivity index (χ2v) is 10.8. The Labute approximate surface area is 228 Å². The molecule has 0 radical (unpaired) electrons. The number of hydrogen-bond donors (Lipinski definition) is 2. The number of amides is 1. The van der Waals surface area contributed by atoms with Crippen molar-refractivity contribution in [3.05, 3.63) is 89.2 Å². The van der Waals surface area contributed by atoms with Crippen LogP contribution in [0.3, 0.4) is 0 Å². The number of anilines is 3. The van der Waals surface area contributed by atoms with Crippen molar-refractivity contribution in [2.75, 3.05) is 29.2 Å². The van der Waals surface area contributed by atoms with Crippen LogP contribution >= 0.6 is 12.2 Å². The van der Waals surface area contributed by atoms with Gasteiger partial charge in [0, 0.05) is 42.4 Å². The van der Waals surface area contributed by atoms with E-state index in [-0.39, 0.29) is 5.91 Å². The number of benzene rings is 3. The van der Waals surface area contributed by atoms with Crippen LogP contribution in [-0.4, -0.2) is 35.6 Å². The average molecular weight is 522 g/mol. The summed E-state index contributed by atoms with van der Waals surface area (Å²) in [6.07, 6.45) is 5.27. The molecular formula is C31H31N5OS. The molecule has 6 rings (SSSR count). The first-order chi connectivity index (χ1) is 18.4. The van der Waals surface area contributed by atoms with E-state index in [0.717, 1.165) is 70.8 Å². The Hall–Kier alpha value is -3.97. The van der Waals surface area contributed by atoms with E-state index in [1.54, 1.807) is 0 Å². The number of aromatic amines is 1. The van der Waals surface area contributed by atoms with Gasteiger partial charge in [0.1, 0.15) is 5.66 Å². The lowest BCUT2D eigenvalue weighted by Crippen LogP contribution is -2.61. The molecule has 0 atom stereocenters. The fourth-order valence-electron chi connectivity index (χ4n) is 5.73. The molecule has 2 heterocycles. The Balaban J connectivity index is 1.35. The molecule has 0 bridgehead atoms. The van der Waals surface area contributed by atoms with Crippen molar-refractivity contribution in [3.63, 3.8) is 0 Å². The first-order valence-corrected chi connectivity index (χ1v) is 13.6. The van der Waals surface area contributed by atoms with Crippen molar-refractivity contribution >= 4 is 35.2 Å². The van der Waals surface area contributed by atoms with Gasteiger partial charge in [-0.1, -0.05) is 42.8 Å². The molecule has 1 spiro atoms. The zero-order valence-electron chi connectivity index (χ0n) is 21.7. The molecule has 1 aromatic heterocycles. The predicted molar refractivity (Wildman–Crippen MR) is 157 cm³/mol. The number of hydrogen-bond acceptors (Lipinski definition) is 5. The minimum atomic E-state index is -0.395. The lowest BCUT2D eigenvalue weighted by atomic mass is 9.84. The normalized spacial score (nSPS) is 16.2. The maximum atomic E-state index is 13.8. The highest BCUT2D eigenvalue weighted by atomic mass is 32.1. The summed E-state index contributed by atoms with van der Waals surface area (Å²) in [7, 11) is 4.05. The highest BCUT2D eigenvalue weighted by Crippen LogP contribution is 2.43. The van der Waals surface area contributed by atoms with Gasteiger partial charge in [-0.05, 0) is 85.9 Å². The van der Waals surface area contributed by atoms with Crippen molar-refractivity contribution in [2.24, 2.45) is 0 Å². The van der Waals surface area contributed by atoms with E-state index in [1.165, 1.54) is 6.42 Å². The molecule has 0 unspecified atom stereocenters. The number of aromatic nitrogens is 2. The number of rotatable bonds is 4. The molecule has 0 saturated heterocycles. The second kappa shape index (κ2) is 9.72. The molecule has 2 N–H and O–H groups in total. The number of carbonyl (C=O) groups excluding carboxylic acids is 1. The molecule has 7 heteroatoms. The first kappa shape index (κ1) is 24.4. The minimum absolute atomic E-state index is 0.0563. The van der Waals surface area contributed by atoms with E-state index in [9.17, 15) is 4.79 Å². The van der Waals surface area contributed by atoms with Crippen LogP contribution < -0.4 is 15.1 Å². The minimum Gasteiger partial charge on any atom is -0.378 e. The molecule has 3 aromatic carbocycles. The van der Waals surface area contributed by atoms with Crippen LogP contribution in [-0.2, 0) is 0 Å². The van der Waals surface area contributed by atoms with Crippen LogP contribution in [0.1, 0.15) is 42.5 Å². The van der Waals surface area contributed by atoms with Crippen molar-refractivity contribution in [2.45, 2.75) is 37.8 Å². The Morgan fingerprint density at radius 1 is 0.895 bits per heavy atom. The number of nitrogens with one attached hydrogen (secondary N) is 2. The van der Waals surface area contributed by atoms with Gasteiger partial charge in [0.2, 0.25) is 0 Å². The monoisotopic (exact) mass is 521 g/mol. The second-order valence-electron chi connectivity index (χ2n) is 10.4. The fraction of sp³-hybridized carbons (Fsp3) is 0.258. The molecule has 1 aliphatic heterocycles. The first-order valence-electron chi connectivity index (χ1n) is 13.1. The average Bonchev–Trinajstić information content (AvgIpc) is 2.93. The highest BCUT2D eigenvalue weighted by molar-refractivity contribution is 7.71. The van der Waals surface area contributed by atoms with Gasteiger partial charge in [-0.25, -0.2) is 4.98 Å². The van der Waals surface area contributed by atoms with Gasteiger partial charge in [0.25, 0.3) is 5.91 Å². The maximum absolute atomic E-state index is 13.8. The van der Waals surface area contributed by atoms with Crippen LogP contribution in [0.5, 0.6) is 0 Å². The van der Waals surface area contributed by atoms with Gasteiger partial charge in [-0.2, -0.15) is 0 Å². The lowest BCUT2D eigenvalue weighted by Gasteiger charge is -2.50. The SMILES string of the molecule is CN(C)c1ccc(-c2cc(-c3ccc(N4C(=O)c5ccccc5NC45CCCCC5)cc3)[nH]c(=S)n2)cc1. The third-order valence-corrected chi connectivity index (χ3v) is 7.89. The van der Waals surface area contributed by atoms with E-state index in [2.05, 4.69) is 56.6 Å². The van der Waals surface area contributed by atoms with Crippen molar-refractivity contribution in [1.82, 2.24) is 9.97 Å². The van der Waals surface area contributed by atoms with E-state index >= 15 is 0 Å². The largest absolute Gasteiger partial charge is 0.378 e. The standard InChI is InChI=1S/C31H31N5OS/c1-35(2)23-14-10-21(11-15-23)27-20-28(33-30(38)32-27)22-12-16-24(17-13-22)36-29(37)25-8-4-5-9-26(25)34-31(36)18-6-3-7-19-31/h4-5,8-17,20,34H,3,6-7,18-19H2,1-2H3,(H,32,33,38). The van der Waals surface area contributed by atoms with Gasteiger partial charge < -0.3 is 15.2 Å². The van der Waals surface area contributed by atoms with Crippen LogP contribution in [0.4, 0.5) is 17.1 Å². The number of carbonyl (C=O) groups is 1. The number of fused-ring (bicyclic) bond motifs is 1. The molecule has 2 aliphatic rings. The van der Waals surface area contributed by atoms with E-state index < -0.39 is 5.66 Å². The van der Waals surface area contributed by atoms with Crippen LogP contribution in [0, 0.1) is 4.77 Å². The van der Waals surface area contributed by atoms with E-state index in [4.69, 9.17) is 12.2 Å². The zero-order valence-corrected chi connectivity index (χ0v) is 22.5. The maximum Gasteiger partial charge on any atom is 0.262 e. The van der Waals surface area contributed by atoms with Crippen molar-refractivity contribution < 1.29 is 4.79 Å². The Kier molecular flexibility index (Phi) is 6.24. The summed E-state index contributed by atoms with van der Waals surface area (Å²) in [6, 6.07) is 26.4. The summed E-state index contributed by atoms with van der Waals surface area (Å²) >= 11 is 5.48. The Morgan fingerprint density at radius 2 is 1.58 bits per heavy atom. The number of nitrogens with zero attached hydrogens (tertiary/aromatic N) is 3. The molecule has 1 amide bonds. The van der Waals surface area contributed by atoms with E-state index in [0.29, 0.717) is 4.77 Å². The summed E-state index contributed by atoms with van der Waals surface area (Å²) in [5.41, 5.74) is 7.00. The molecule has 38 heavy (non-hydrogen) atoms. The molecular weight excluding hydrogens is 490 g/mol. The van der Waals surface area contributed by atoms with Gasteiger partial charge in [0.15, 0.2) is 4.77 Å². The van der Waals surface area contributed by atoms with Crippen LogP contribution in [0.25, 0.3) is 22.5 Å². The Bertz CT molecular complexity index is 1540. The van der Waals surface area contributed by atoms with Gasteiger partial charge in [0.05, 0.1) is 11.3 Å². The van der Waals surface area contributed by atoms with Crippen LogP contribution in [0.2, 0.25) is 0 Å². The third-order valence-electron chi connectivity index (χ3n) is 7.70. The summed E-state index contributed by atoms with van der Waals surface area (Å²) in [6.45, 7) is 0. The fourth-order valence-corrected chi connectivity index (χ4v) is 5.94. The highest BCUT2D eigenvalue weighted by Gasteiger charge is 2.45. The molecule has 1 saturated carbocycles. The van der Waals surface area contributed by atoms with Gasteiger partial charge in [-0.15, -0.1) is 0 Å². The van der Waals surface area contributed by atoms with Crippen LogP contribution in [0.15, 0.2) is 78.9 Å². The summed E-state index contributed by atoms with van der Waals surface area (Å²) < 4.78 is 0.437. The summed E-state index contributed by atoms with van der Waals surface area (Å²) in [5, 5.41) is 3.76. The molecule has 1 fully saturated rings. The van der Waals surface area contributed by atoms with Crippen molar-refractivity contribution in [1.29, 1.82) is 0 Å². The topological polar surface area (TPSA) is 64.3 Å². The number of H-pyrrole nitrogens is 1. The molecule has 6 nitrogen and oxygen atoms in total. The molecule has 1 aliphatic carbocycles. The smallest absolute Gasteiger partial charge is 0.262 e. The lowest BCUT2D eigenvalue weighted by molar-refractivity contribution is 0.0938.